The zero-order valence-electron chi connectivity index (χ0n) is 17.1. The molecule has 1 heterocycles. The number of carbonyl (C=O) groups excluding carboxylic acids is 1. The first-order valence-electron chi connectivity index (χ1n) is 9.79. The molecule has 0 bridgehead atoms. The van der Waals surface area contributed by atoms with Gasteiger partial charge in [0.25, 0.3) is 0 Å². The van der Waals surface area contributed by atoms with Crippen molar-refractivity contribution in [2.24, 2.45) is 0 Å². The van der Waals surface area contributed by atoms with Crippen molar-refractivity contribution >= 4 is 40.6 Å². The number of hydrogen-bond donors (Lipinski definition) is 0. The van der Waals surface area contributed by atoms with Crippen LogP contribution in [0.25, 0.3) is 0 Å². The van der Waals surface area contributed by atoms with Crippen LogP contribution in [-0.4, -0.2) is 17.7 Å². The number of nitrogens with zero attached hydrogens (tertiary/aromatic N) is 3. The maximum absolute atomic E-state index is 14.9. The van der Waals surface area contributed by atoms with Gasteiger partial charge >= 0.3 is 12.2 Å². The molecule has 3 aromatic rings. The topological polar surface area (TPSA) is 47.3 Å². The number of nitriles is 1. The summed E-state index contributed by atoms with van der Waals surface area (Å²) in [6.45, 7) is 0.985. The molecule has 1 fully saturated rings. The average Bonchev–Trinajstić information content (AvgIpc) is 3.03. The van der Waals surface area contributed by atoms with E-state index < -0.39 is 23.8 Å². The molecule has 1 aliphatic heterocycles. The van der Waals surface area contributed by atoms with E-state index in [1.165, 1.54) is 72.8 Å². The molecule has 9 heteroatoms. The largest absolute Gasteiger partial charge is 0.414 e. The summed E-state index contributed by atoms with van der Waals surface area (Å²) in [6.07, 6.45) is -4.84. The summed E-state index contributed by atoms with van der Waals surface area (Å²) in [4.78, 5) is 15.5. The van der Waals surface area contributed by atoms with Gasteiger partial charge < -0.3 is 0 Å². The number of alkyl halides is 3. The monoisotopic (exact) mass is 489 g/mol. The molecule has 4 rings (SSSR count). The average molecular weight is 490 g/mol. The highest BCUT2D eigenvalue weighted by Crippen LogP contribution is 2.54. The number of rotatable bonds is 3. The van der Waals surface area contributed by atoms with Crippen LogP contribution in [-0.2, 0) is 0 Å². The third kappa shape index (κ3) is 3.79. The van der Waals surface area contributed by atoms with E-state index in [0.717, 1.165) is 16.7 Å². The van der Waals surface area contributed by atoms with Crippen LogP contribution in [0.4, 0.5) is 29.3 Å². The molecule has 2 atom stereocenters. The Kier molecular flexibility index (Phi) is 5.77. The Balaban J connectivity index is 2.02. The molecule has 168 valence electrons. The van der Waals surface area contributed by atoms with E-state index in [0.29, 0.717) is 10.0 Å². The van der Waals surface area contributed by atoms with Gasteiger partial charge in [-0.2, -0.15) is 18.4 Å². The summed E-state index contributed by atoms with van der Waals surface area (Å²) in [5.74, 6) is 0. The fourth-order valence-corrected chi connectivity index (χ4v) is 4.41. The molecule has 0 radical (unpaired) electrons. The number of anilines is 2. The van der Waals surface area contributed by atoms with Gasteiger partial charge in [-0.15, -0.1) is 0 Å². The Labute approximate surface area is 198 Å². The maximum Gasteiger partial charge on any atom is 0.414 e. The Morgan fingerprint density at radius 2 is 1.48 bits per heavy atom. The number of carbonyl (C=O) groups is 1. The number of hydrogen-bond acceptors (Lipinski definition) is 2. The van der Waals surface area contributed by atoms with Crippen molar-refractivity contribution in [3.63, 3.8) is 0 Å². The highest BCUT2D eigenvalue weighted by molar-refractivity contribution is 6.31. The normalized spacial score (nSPS) is 20.8. The fraction of sp³-hybridized carbons (Fsp3) is 0.167. The standard InChI is InChI=1S/C24H16Cl2F3N3O/c1-23(24(27,28)29)21(16-4-2-3-15(13-16)14-30)31(19-9-5-17(25)6-10-19)22(33)32(23)20-11-7-18(26)8-12-20/h2-13,21H,1H3/t21-,23-/m1/s1. The van der Waals surface area contributed by atoms with Crippen LogP contribution in [0, 0.1) is 11.3 Å². The van der Waals surface area contributed by atoms with Gasteiger partial charge in [-0.3, -0.25) is 9.80 Å². The lowest BCUT2D eigenvalue weighted by molar-refractivity contribution is -0.182. The van der Waals surface area contributed by atoms with Gasteiger partial charge in [-0.25, -0.2) is 4.79 Å². The molecule has 3 aromatic carbocycles. The molecule has 4 nitrogen and oxygen atoms in total. The van der Waals surface area contributed by atoms with Gasteiger partial charge in [-0.1, -0.05) is 35.3 Å². The van der Waals surface area contributed by atoms with E-state index in [4.69, 9.17) is 23.2 Å². The SMILES string of the molecule is C[C@]1(C(F)(F)F)[C@@H](c2cccc(C#N)c2)N(c2ccc(Cl)cc2)C(=O)N1c1ccc(Cl)cc1. The van der Waals surface area contributed by atoms with Gasteiger partial charge in [0.1, 0.15) is 0 Å². The van der Waals surface area contributed by atoms with E-state index in [-0.39, 0.29) is 22.5 Å². The molecule has 0 aliphatic carbocycles. The van der Waals surface area contributed by atoms with Crippen molar-refractivity contribution in [3.05, 3.63) is 94.0 Å². The van der Waals surface area contributed by atoms with Crippen molar-refractivity contribution < 1.29 is 18.0 Å². The number of benzene rings is 3. The zero-order chi connectivity index (χ0) is 24.0. The van der Waals surface area contributed by atoms with Crippen LogP contribution in [0.2, 0.25) is 10.0 Å². The quantitative estimate of drug-likeness (QED) is 0.385. The first-order chi connectivity index (χ1) is 15.6. The molecule has 0 saturated carbocycles. The number of amides is 2. The van der Waals surface area contributed by atoms with Crippen LogP contribution < -0.4 is 9.80 Å². The summed E-state index contributed by atoms with van der Waals surface area (Å²) in [5.41, 5.74) is -2.03. The summed E-state index contributed by atoms with van der Waals surface area (Å²) in [6, 6.07) is 17.0. The van der Waals surface area contributed by atoms with Crippen molar-refractivity contribution in [2.45, 2.75) is 24.7 Å². The van der Waals surface area contributed by atoms with E-state index >= 15 is 0 Å². The smallest absolute Gasteiger partial charge is 0.284 e. The van der Waals surface area contributed by atoms with E-state index in [1.807, 2.05) is 6.07 Å². The maximum atomic E-state index is 14.9. The third-order valence-electron chi connectivity index (χ3n) is 5.75. The van der Waals surface area contributed by atoms with Gasteiger partial charge in [0, 0.05) is 21.4 Å². The molecular formula is C24H16Cl2F3N3O. The Bertz CT molecular complexity index is 1240. The molecule has 1 aliphatic rings. The van der Waals surface area contributed by atoms with Crippen LogP contribution in [0.3, 0.4) is 0 Å². The summed E-state index contributed by atoms with van der Waals surface area (Å²) >= 11 is 11.9. The predicted octanol–water partition coefficient (Wildman–Crippen LogP) is 7.37. The molecule has 0 spiro atoms. The highest BCUT2D eigenvalue weighted by Gasteiger charge is 2.69. The Hall–Kier alpha value is -3.21. The van der Waals surface area contributed by atoms with Crippen molar-refractivity contribution in [2.75, 3.05) is 9.80 Å². The first kappa shape index (κ1) is 23.0. The van der Waals surface area contributed by atoms with Crippen LogP contribution in [0.15, 0.2) is 72.8 Å². The summed E-state index contributed by atoms with van der Waals surface area (Å²) < 4.78 is 44.6. The second-order valence-electron chi connectivity index (χ2n) is 7.73. The summed E-state index contributed by atoms with van der Waals surface area (Å²) in [5, 5.41) is 10.0. The van der Waals surface area contributed by atoms with Crippen molar-refractivity contribution in [1.82, 2.24) is 0 Å². The van der Waals surface area contributed by atoms with Gasteiger partial charge in [0.2, 0.25) is 0 Å². The van der Waals surface area contributed by atoms with E-state index in [1.54, 1.807) is 0 Å². The minimum Gasteiger partial charge on any atom is -0.284 e. The molecule has 0 N–H and O–H groups in total. The lowest BCUT2D eigenvalue weighted by atomic mass is 9.84. The lowest BCUT2D eigenvalue weighted by Crippen LogP contribution is -2.57. The van der Waals surface area contributed by atoms with Crippen molar-refractivity contribution in [3.8, 4) is 6.07 Å². The fourth-order valence-electron chi connectivity index (χ4n) is 4.15. The van der Waals surface area contributed by atoms with Crippen LogP contribution in [0.5, 0.6) is 0 Å². The molecule has 0 unspecified atom stereocenters. The second-order valence-corrected chi connectivity index (χ2v) is 8.60. The molecule has 1 saturated heterocycles. The highest BCUT2D eigenvalue weighted by atomic mass is 35.5. The zero-order valence-corrected chi connectivity index (χ0v) is 18.7. The van der Waals surface area contributed by atoms with Crippen LogP contribution in [0.1, 0.15) is 24.1 Å². The number of urea groups is 1. The minimum atomic E-state index is -4.84. The van der Waals surface area contributed by atoms with Gasteiger partial charge in [0.15, 0.2) is 5.54 Å². The molecule has 33 heavy (non-hydrogen) atoms. The van der Waals surface area contributed by atoms with Crippen LogP contribution >= 0.6 is 23.2 Å². The molecular weight excluding hydrogens is 474 g/mol. The lowest BCUT2D eigenvalue weighted by Gasteiger charge is -2.40. The number of halogens is 5. The minimum absolute atomic E-state index is 0.0436. The first-order valence-corrected chi connectivity index (χ1v) is 10.5. The Morgan fingerprint density at radius 3 is 2.00 bits per heavy atom. The van der Waals surface area contributed by atoms with E-state index in [9.17, 15) is 23.2 Å². The van der Waals surface area contributed by atoms with E-state index in [2.05, 4.69) is 0 Å². The molecule has 0 aromatic heterocycles. The Morgan fingerprint density at radius 1 is 0.939 bits per heavy atom. The summed E-state index contributed by atoms with van der Waals surface area (Å²) in [7, 11) is 0. The second kappa shape index (κ2) is 8.29. The predicted molar refractivity (Wildman–Crippen MR) is 122 cm³/mol. The molecule has 2 amide bonds. The van der Waals surface area contributed by atoms with Crippen molar-refractivity contribution in [1.29, 1.82) is 5.26 Å². The van der Waals surface area contributed by atoms with Gasteiger partial charge in [-0.05, 0) is 73.2 Å². The third-order valence-corrected chi connectivity index (χ3v) is 6.25. The van der Waals surface area contributed by atoms with Gasteiger partial charge in [0.05, 0.1) is 17.7 Å².